The molecule has 0 N–H and O–H groups in total. The van der Waals surface area contributed by atoms with Gasteiger partial charge in [0, 0.05) is 0 Å². The van der Waals surface area contributed by atoms with Gasteiger partial charge in [-0.05, 0) is 32.3 Å². The van der Waals surface area contributed by atoms with Crippen molar-refractivity contribution < 1.29 is 14.3 Å². The van der Waals surface area contributed by atoms with E-state index >= 15 is 0 Å². The lowest BCUT2D eigenvalue weighted by Gasteiger charge is -2.11. The molecular formula is C9H16O3S. The second kappa shape index (κ2) is 6.95. The highest BCUT2D eigenvalue weighted by molar-refractivity contribution is 7.98. The van der Waals surface area contributed by atoms with Gasteiger partial charge in [0.1, 0.15) is 11.7 Å². The second-order valence-corrected chi connectivity index (χ2v) is 3.68. The fourth-order valence-corrected chi connectivity index (χ4v) is 1.44. The summed E-state index contributed by atoms with van der Waals surface area (Å²) in [6, 6.07) is 0. The van der Waals surface area contributed by atoms with Gasteiger partial charge in [-0.3, -0.25) is 9.59 Å². The molecule has 0 bridgehead atoms. The topological polar surface area (TPSA) is 43.4 Å². The molecule has 0 fully saturated rings. The molecule has 1 unspecified atom stereocenters. The fourth-order valence-electron chi connectivity index (χ4n) is 0.966. The van der Waals surface area contributed by atoms with Crippen LogP contribution in [0.5, 0.6) is 0 Å². The molecule has 13 heavy (non-hydrogen) atoms. The molecule has 0 saturated heterocycles. The van der Waals surface area contributed by atoms with Gasteiger partial charge in [0.25, 0.3) is 0 Å². The van der Waals surface area contributed by atoms with Gasteiger partial charge >= 0.3 is 5.97 Å². The van der Waals surface area contributed by atoms with Crippen molar-refractivity contribution in [3.8, 4) is 0 Å². The Hall–Kier alpha value is -0.510. The van der Waals surface area contributed by atoms with Crippen LogP contribution in [0.1, 0.15) is 20.3 Å². The van der Waals surface area contributed by atoms with Crippen LogP contribution in [0.25, 0.3) is 0 Å². The van der Waals surface area contributed by atoms with Crippen molar-refractivity contribution >= 4 is 23.5 Å². The average molecular weight is 204 g/mol. The molecule has 0 saturated carbocycles. The molecule has 1 atom stereocenters. The highest BCUT2D eigenvalue weighted by Crippen LogP contribution is 2.10. The van der Waals surface area contributed by atoms with Crippen LogP contribution in [-0.2, 0) is 14.3 Å². The number of ketones is 1. The molecule has 0 aromatic heterocycles. The molecule has 0 amide bonds. The van der Waals surface area contributed by atoms with Crippen molar-refractivity contribution in [1.82, 2.24) is 0 Å². The summed E-state index contributed by atoms with van der Waals surface area (Å²) in [6.45, 7) is 3.51. The van der Waals surface area contributed by atoms with Crippen LogP contribution in [0.3, 0.4) is 0 Å². The molecule has 0 aliphatic carbocycles. The Labute approximate surface area is 83.2 Å². The van der Waals surface area contributed by atoms with Crippen LogP contribution in [0.4, 0.5) is 0 Å². The maximum atomic E-state index is 11.2. The van der Waals surface area contributed by atoms with Gasteiger partial charge in [-0.25, -0.2) is 0 Å². The summed E-state index contributed by atoms with van der Waals surface area (Å²) >= 11 is 1.62. The molecule has 4 heteroatoms. The predicted molar refractivity (Wildman–Crippen MR) is 53.8 cm³/mol. The van der Waals surface area contributed by atoms with Crippen molar-refractivity contribution in [3.63, 3.8) is 0 Å². The Morgan fingerprint density at radius 3 is 2.46 bits per heavy atom. The number of esters is 1. The summed E-state index contributed by atoms with van der Waals surface area (Å²) in [5, 5.41) is 0. The zero-order valence-electron chi connectivity index (χ0n) is 8.33. The van der Waals surface area contributed by atoms with E-state index in [9.17, 15) is 9.59 Å². The highest BCUT2D eigenvalue weighted by Gasteiger charge is 2.23. The van der Waals surface area contributed by atoms with Gasteiger partial charge in [0.15, 0.2) is 0 Å². The Balaban J connectivity index is 4.07. The Kier molecular flexibility index (Phi) is 6.68. The quantitative estimate of drug-likeness (QED) is 0.486. The Morgan fingerprint density at radius 2 is 2.08 bits per heavy atom. The zero-order chi connectivity index (χ0) is 10.3. The maximum absolute atomic E-state index is 11.2. The van der Waals surface area contributed by atoms with E-state index in [1.807, 2.05) is 6.26 Å². The summed E-state index contributed by atoms with van der Waals surface area (Å²) in [5.41, 5.74) is 0. The van der Waals surface area contributed by atoms with Gasteiger partial charge in [0.05, 0.1) is 6.61 Å². The average Bonchev–Trinajstić information content (AvgIpc) is 2.05. The van der Waals surface area contributed by atoms with E-state index in [1.54, 1.807) is 18.7 Å². The van der Waals surface area contributed by atoms with Crippen LogP contribution >= 0.6 is 11.8 Å². The maximum Gasteiger partial charge on any atom is 0.316 e. The summed E-state index contributed by atoms with van der Waals surface area (Å²) < 4.78 is 4.79. The Bertz CT molecular complexity index is 180. The van der Waals surface area contributed by atoms with Crippen LogP contribution in [-0.4, -0.2) is 30.4 Å². The standard InChI is InChI=1S/C9H16O3S/c1-4-12-9(11)8(7(2)10)5-6-13-3/h8H,4-6H2,1-3H3. The van der Waals surface area contributed by atoms with Crippen LogP contribution in [0.15, 0.2) is 0 Å². The van der Waals surface area contributed by atoms with Crippen LogP contribution < -0.4 is 0 Å². The minimum absolute atomic E-state index is 0.104. The van der Waals surface area contributed by atoms with Crippen molar-refractivity contribution in [2.75, 3.05) is 18.6 Å². The number of carbonyl (C=O) groups excluding carboxylic acids is 2. The summed E-state index contributed by atoms with van der Waals surface area (Å²) in [4.78, 5) is 22.3. The largest absolute Gasteiger partial charge is 0.465 e. The lowest BCUT2D eigenvalue weighted by atomic mass is 10.0. The number of hydrogen-bond acceptors (Lipinski definition) is 4. The van der Waals surface area contributed by atoms with E-state index in [0.717, 1.165) is 5.75 Å². The molecule has 0 rings (SSSR count). The molecule has 0 spiro atoms. The monoisotopic (exact) mass is 204 g/mol. The molecule has 0 heterocycles. The van der Waals surface area contributed by atoms with Crippen molar-refractivity contribution in [3.05, 3.63) is 0 Å². The third-order valence-electron chi connectivity index (χ3n) is 1.67. The predicted octanol–water partition coefficient (Wildman–Crippen LogP) is 1.51. The van der Waals surface area contributed by atoms with Crippen molar-refractivity contribution in [2.24, 2.45) is 5.92 Å². The van der Waals surface area contributed by atoms with Gasteiger partial charge in [-0.1, -0.05) is 0 Å². The normalized spacial score (nSPS) is 12.2. The molecule has 0 aliphatic heterocycles. The van der Waals surface area contributed by atoms with E-state index < -0.39 is 5.92 Å². The molecule has 3 nitrogen and oxygen atoms in total. The number of hydrogen-bond donors (Lipinski definition) is 0. The van der Waals surface area contributed by atoms with E-state index in [1.165, 1.54) is 6.92 Å². The number of ether oxygens (including phenoxy) is 1. The third kappa shape index (κ3) is 4.93. The van der Waals surface area contributed by atoms with Crippen molar-refractivity contribution in [1.29, 1.82) is 0 Å². The van der Waals surface area contributed by atoms with Gasteiger partial charge in [0.2, 0.25) is 0 Å². The number of thioether (sulfide) groups is 1. The van der Waals surface area contributed by atoms with Crippen LogP contribution in [0, 0.1) is 5.92 Å². The number of Topliss-reactive ketones (excluding diaryl/α,β-unsaturated/α-hetero) is 1. The lowest BCUT2D eigenvalue weighted by Crippen LogP contribution is -2.24. The lowest BCUT2D eigenvalue weighted by molar-refractivity contribution is -0.151. The third-order valence-corrected chi connectivity index (χ3v) is 2.32. The highest BCUT2D eigenvalue weighted by atomic mass is 32.2. The SMILES string of the molecule is CCOC(=O)C(CCSC)C(C)=O. The number of carbonyl (C=O) groups is 2. The minimum atomic E-state index is -0.563. The van der Waals surface area contributed by atoms with Gasteiger partial charge in [-0.2, -0.15) is 11.8 Å². The molecule has 0 aliphatic rings. The first-order valence-corrected chi connectivity index (χ1v) is 5.68. The van der Waals surface area contributed by atoms with E-state index in [4.69, 9.17) is 4.74 Å². The minimum Gasteiger partial charge on any atom is -0.465 e. The molecular weight excluding hydrogens is 188 g/mol. The zero-order valence-corrected chi connectivity index (χ0v) is 9.15. The second-order valence-electron chi connectivity index (χ2n) is 2.70. The van der Waals surface area contributed by atoms with Crippen LogP contribution in [0.2, 0.25) is 0 Å². The first-order valence-electron chi connectivity index (χ1n) is 4.29. The summed E-state index contributed by atoms with van der Waals surface area (Å²) in [7, 11) is 0. The van der Waals surface area contributed by atoms with Crippen molar-refractivity contribution in [2.45, 2.75) is 20.3 Å². The first-order chi connectivity index (χ1) is 6.13. The first kappa shape index (κ1) is 12.5. The Morgan fingerprint density at radius 1 is 1.46 bits per heavy atom. The molecule has 0 aromatic carbocycles. The fraction of sp³-hybridized carbons (Fsp3) is 0.778. The van der Waals surface area contributed by atoms with Gasteiger partial charge in [-0.15, -0.1) is 0 Å². The smallest absolute Gasteiger partial charge is 0.316 e. The van der Waals surface area contributed by atoms with Gasteiger partial charge < -0.3 is 4.74 Å². The number of rotatable bonds is 6. The molecule has 76 valence electrons. The van der Waals surface area contributed by atoms with E-state index in [2.05, 4.69) is 0 Å². The summed E-state index contributed by atoms with van der Waals surface area (Å²) in [6.07, 6.45) is 2.53. The van der Waals surface area contributed by atoms with E-state index in [0.29, 0.717) is 13.0 Å². The molecule has 0 aromatic rings. The molecule has 0 radical (unpaired) electrons. The summed E-state index contributed by atoms with van der Waals surface area (Å²) in [5.74, 6) is -0.243. The van der Waals surface area contributed by atoms with E-state index in [-0.39, 0.29) is 11.8 Å².